The summed E-state index contributed by atoms with van der Waals surface area (Å²) in [5.41, 5.74) is 5.55. The van der Waals surface area contributed by atoms with Gasteiger partial charge in [0.25, 0.3) is 0 Å². The quantitative estimate of drug-likeness (QED) is 0.617. The third-order valence-corrected chi connectivity index (χ3v) is 3.53. The molecule has 1 aliphatic rings. The summed E-state index contributed by atoms with van der Waals surface area (Å²) in [6.07, 6.45) is 3.58. The number of nitrogens with two attached hydrogens (primary N) is 1. The summed E-state index contributed by atoms with van der Waals surface area (Å²) in [4.78, 5) is 6.69. The Morgan fingerprint density at radius 2 is 2.17 bits per heavy atom. The van der Waals surface area contributed by atoms with Gasteiger partial charge in [-0.15, -0.1) is 0 Å². The third-order valence-electron chi connectivity index (χ3n) is 3.53. The predicted octanol–water partition coefficient (Wildman–Crippen LogP) is 1.01. The first-order valence-electron chi connectivity index (χ1n) is 6.52. The van der Waals surface area contributed by atoms with Crippen molar-refractivity contribution in [2.45, 2.75) is 39.3 Å². The maximum absolute atomic E-state index is 7.47. The van der Waals surface area contributed by atoms with Gasteiger partial charge in [0.15, 0.2) is 0 Å². The van der Waals surface area contributed by atoms with Crippen LogP contribution in [0, 0.1) is 11.3 Å². The van der Waals surface area contributed by atoms with Crippen molar-refractivity contribution < 1.29 is 0 Å². The lowest BCUT2D eigenvalue weighted by Gasteiger charge is -2.31. The standard InChI is InChI=1S/C12H22N6/c1-9(2)18-11(15-8-16-18)7-17-5-3-10(4-6-17)12(13)14/h8-10H,3-7H2,1-2H3,(H3,13,14). The molecule has 0 spiro atoms. The number of nitrogens with one attached hydrogen (secondary N) is 1. The van der Waals surface area contributed by atoms with E-state index in [1.807, 2.05) is 4.68 Å². The molecular weight excluding hydrogens is 228 g/mol. The Bertz CT molecular complexity index is 402. The topological polar surface area (TPSA) is 83.8 Å². The zero-order valence-corrected chi connectivity index (χ0v) is 11.1. The van der Waals surface area contributed by atoms with Crippen molar-refractivity contribution in [2.75, 3.05) is 13.1 Å². The fourth-order valence-electron chi connectivity index (χ4n) is 2.42. The Balaban J connectivity index is 1.91. The second kappa shape index (κ2) is 5.48. The second-order valence-corrected chi connectivity index (χ2v) is 5.22. The molecule has 0 atom stereocenters. The molecule has 1 fully saturated rings. The van der Waals surface area contributed by atoms with E-state index in [4.69, 9.17) is 11.1 Å². The minimum Gasteiger partial charge on any atom is -0.387 e. The molecule has 2 heterocycles. The van der Waals surface area contributed by atoms with Crippen molar-refractivity contribution >= 4 is 5.84 Å². The molecule has 1 aromatic heterocycles. The summed E-state index contributed by atoms with van der Waals surface area (Å²) < 4.78 is 1.97. The van der Waals surface area contributed by atoms with E-state index in [0.29, 0.717) is 11.9 Å². The van der Waals surface area contributed by atoms with Gasteiger partial charge in [-0.05, 0) is 39.8 Å². The highest BCUT2D eigenvalue weighted by molar-refractivity contribution is 5.79. The van der Waals surface area contributed by atoms with Crippen LogP contribution in [0.15, 0.2) is 6.33 Å². The Kier molecular flexibility index (Phi) is 3.96. The third kappa shape index (κ3) is 2.87. The van der Waals surface area contributed by atoms with E-state index in [-0.39, 0.29) is 5.92 Å². The van der Waals surface area contributed by atoms with Gasteiger partial charge in [0, 0.05) is 12.0 Å². The Morgan fingerprint density at radius 1 is 1.50 bits per heavy atom. The van der Waals surface area contributed by atoms with Gasteiger partial charge in [-0.1, -0.05) is 0 Å². The number of rotatable bonds is 4. The van der Waals surface area contributed by atoms with Crippen LogP contribution in [0.2, 0.25) is 0 Å². The maximum atomic E-state index is 7.47. The molecule has 0 saturated carbocycles. The smallest absolute Gasteiger partial charge is 0.141 e. The van der Waals surface area contributed by atoms with Crippen LogP contribution in [0.3, 0.4) is 0 Å². The fourth-order valence-corrected chi connectivity index (χ4v) is 2.42. The molecule has 100 valence electrons. The molecule has 1 aliphatic heterocycles. The summed E-state index contributed by atoms with van der Waals surface area (Å²) >= 11 is 0. The lowest BCUT2D eigenvalue weighted by atomic mass is 9.96. The highest BCUT2D eigenvalue weighted by Crippen LogP contribution is 2.18. The second-order valence-electron chi connectivity index (χ2n) is 5.22. The van der Waals surface area contributed by atoms with E-state index >= 15 is 0 Å². The number of nitrogens with zero attached hydrogens (tertiary/aromatic N) is 4. The SMILES string of the molecule is CC(C)n1ncnc1CN1CCC(C(=N)N)CC1. The van der Waals surface area contributed by atoms with E-state index in [9.17, 15) is 0 Å². The number of hydrogen-bond acceptors (Lipinski definition) is 4. The largest absolute Gasteiger partial charge is 0.387 e. The van der Waals surface area contributed by atoms with E-state index in [1.165, 1.54) is 0 Å². The van der Waals surface area contributed by atoms with Crippen molar-refractivity contribution in [3.05, 3.63) is 12.2 Å². The number of piperidine rings is 1. The van der Waals surface area contributed by atoms with E-state index in [0.717, 1.165) is 38.3 Å². The lowest BCUT2D eigenvalue weighted by molar-refractivity contribution is 0.192. The first-order chi connectivity index (χ1) is 8.58. The number of amidine groups is 1. The molecule has 0 aromatic carbocycles. The van der Waals surface area contributed by atoms with Gasteiger partial charge in [-0.2, -0.15) is 5.10 Å². The van der Waals surface area contributed by atoms with Crippen LogP contribution in [-0.4, -0.2) is 38.6 Å². The van der Waals surface area contributed by atoms with Crippen molar-refractivity contribution in [3.8, 4) is 0 Å². The molecule has 2 rings (SSSR count). The summed E-state index contributed by atoms with van der Waals surface area (Å²) in [5, 5.41) is 11.7. The van der Waals surface area contributed by atoms with Crippen molar-refractivity contribution in [1.82, 2.24) is 19.7 Å². The molecule has 1 aromatic rings. The van der Waals surface area contributed by atoms with Crippen LogP contribution in [0.5, 0.6) is 0 Å². The number of hydrogen-bond donors (Lipinski definition) is 2. The maximum Gasteiger partial charge on any atom is 0.141 e. The zero-order chi connectivity index (χ0) is 13.1. The van der Waals surface area contributed by atoms with Gasteiger partial charge in [0.2, 0.25) is 0 Å². The van der Waals surface area contributed by atoms with Gasteiger partial charge in [0.1, 0.15) is 12.2 Å². The molecular formula is C12H22N6. The normalized spacial score (nSPS) is 18.4. The first kappa shape index (κ1) is 13.0. The van der Waals surface area contributed by atoms with Crippen LogP contribution < -0.4 is 5.73 Å². The monoisotopic (exact) mass is 250 g/mol. The molecule has 0 aliphatic carbocycles. The Morgan fingerprint density at radius 3 is 2.72 bits per heavy atom. The van der Waals surface area contributed by atoms with Crippen molar-refractivity contribution in [2.24, 2.45) is 11.7 Å². The molecule has 1 saturated heterocycles. The summed E-state index contributed by atoms with van der Waals surface area (Å²) in [5.74, 6) is 1.62. The van der Waals surface area contributed by atoms with Crippen molar-refractivity contribution in [3.63, 3.8) is 0 Å². The molecule has 0 unspecified atom stereocenters. The Labute approximate surface area is 108 Å². The minimum absolute atomic E-state index is 0.268. The lowest BCUT2D eigenvalue weighted by Crippen LogP contribution is -2.38. The summed E-state index contributed by atoms with van der Waals surface area (Å²) in [6.45, 7) is 7.02. The summed E-state index contributed by atoms with van der Waals surface area (Å²) in [7, 11) is 0. The average molecular weight is 250 g/mol. The van der Waals surface area contributed by atoms with Gasteiger partial charge in [0.05, 0.1) is 12.4 Å². The average Bonchev–Trinajstić information content (AvgIpc) is 2.78. The van der Waals surface area contributed by atoms with Crippen molar-refractivity contribution in [1.29, 1.82) is 5.41 Å². The molecule has 0 bridgehead atoms. The fraction of sp³-hybridized carbons (Fsp3) is 0.750. The van der Waals surface area contributed by atoms with Gasteiger partial charge < -0.3 is 5.73 Å². The molecule has 6 nitrogen and oxygen atoms in total. The minimum atomic E-state index is 0.268. The van der Waals surface area contributed by atoms with Gasteiger partial charge in [-0.25, -0.2) is 9.67 Å². The van der Waals surface area contributed by atoms with Crippen LogP contribution in [0.4, 0.5) is 0 Å². The highest BCUT2D eigenvalue weighted by atomic mass is 15.4. The zero-order valence-electron chi connectivity index (χ0n) is 11.1. The van der Waals surface area contributed by atoms with E-state index < -0.39 is 0 Å². The predicted molar refractivity (Wildman–Crippen MR) is 70.3 cm³/mol. The summed E-state index contributed by atoms with van der Waals surface area (Å²) in [6, 6.07) is 0.345. The molecule has 3 N–H and O–H groups in total. The number of likely N-dealkylation sites (tertiary alicyclic amines) is 1. The Hall–Kier alpha value is -1.43. The molecule has 6 heteroatoms. The van der Waals surface area contributed by atoms with Crippen LogP contribution in [0.25, 0.3) is 0 Å². The van der Waals surface area contributed by atoms with Crippen LogP contribution in [-0.2, 0) is 6.54 Å². The highest BCUT2D eigenvalue weighted by Gasteiger charge is 2.22. The molecule has 18 heavy (non-hydrogen) atoms. The van der Waals surface area contributed by atoms with E-state index in [2.05, 4.69) is 28.8 Å². The number of aromatic nitrogens is 3. The first-order valence-corrected chi connectivity index (χ1v) is 6.52. The van der Waals surface area contributed by atoms with Gasteiger partial charge in [-0.3, -0.25) is 10.3 Å². The van der Waals surface area contributed by atoms with E-state index in [1.54, 1.807) is 6.33 Å². The van der Waals surface area contributed by atoms with Crippen LogP contribution >= 0.6 is 0 Å². The molecule has 0 radical (unpaired) electrons. The molecule has 0 amide bonds. The van der Waals surface area contributed by atoms with Gasteiger partial charge >= 0.3 is 0 Å². The van der Waals surface area contributed by atoms with Crippen LogP contribution in [0.1, 0.15) is 38.6 Å².